The number of alkyl halides is 1. The van der Waals surface area contributed by atoms with E-state index in [-0.39, 0.29) is 0 Å². The van der Waals surface area contributed by atoms with Gasteiger partial charge in [-0.15, -0.1) is 0 Å². The molecule has 0 atom stereocenters. The minimum atomic E-state index is 1.24. The van der Waals surface area contributed by atoms with Crippen LogP contribution in [0, 0.1) is 0 Å². The molecule has 0 aromatic heterocycles. The Kier molecular flexibility index (Phi) is 8.74. The lowest BCUT2D eigenvalue weighted by Gasteiger charge is -1.85. The number of hydrogen-bond acceptors (Lipinski definition) is 0. The minimum absolute atomic E-state index is 1.24. The molecule has 0 fully saturated rings. The monoisotopic (exact) mass is 448 g/mol. The lowest BCUT2D eigenvalue weighted by atomic mass is 10.3. The topological polar surface area (TPSA) is 0 Å². The van der Waals surface area contributed by atoms with Crippen LogP contribution in [0.5, 0.6) is 0 Å². The Morgan fingerprint density at radius 1 is 1.38 bits per heavy atom. The molecule has 0 aliphatic carbocycles. The van der Waals surface area contributed by atoms with Crippen molar-refractivity contribution in [1.29, 1.82) is 0 Å². The predicted octanol–water partition coefficient (Wildman–Crippen LogP) is 3.91. The second kappa shape index (κ2) is 7.04. The first-order valence-electron chi connectivity index (χ1n) is 2.34. The van der Waals surface area contributed by atoms with E-state index in [1.807, 2.05) is 0 Å². The van der Waals surface area contributed by atoms with Gasteiger partial charge in [0.25, 0.3) is 0 Å². The maximum atomic E-state index is 2.40. The smallest absolute Gasteiger partial charge is 0.0474 e. The Bertz CT molecular complexity index is 73.7. The molecule has 0 amide bonds. The first kappa shape index (κ1) is 9.93. The maximum Gasteiger partial charge on any atom is 0.0474 e. The summed E-state index contributed by atoms with van der Waals surface area (Å²) in [6.07, 6.45) is 4.82. The molecule has 0 saturated carbocycles. The standard InChI is InChI=1S/C5H7I3/c6-4-2-1-3-5(7)8/h3H,1-2,4H2. The maximum absolute atomic E-state index is 2.40. The molecule has 0 spiro atoms. The Morgan fingerprint density at radius 3 is 2.38 bits per heavy atom. The van der Waals surface area contributed by atoms with E-state index in [1.165, 1.54) is 18.9 Å². The second-order valence-electron chi connectivity index (χ2n) is 1.32. The molecule has 0 nitrogen and oxygen atoms in total. The molecule has 0 aliphatic rings. The van der Waals surface area contributed by atoms with Crippen LogP contribution in [-0.2, 0) is 0 Å². The Balaban J connectivity index is 3.03. The molecule has 0 bridgehead atoms. The van der Waals surface area contributed by atoms with Gasteiger partial charge in [0.1, 0.15) is 0 Å². The normalized spacial score (nSPS) is 8.88. The van der Waals surface area contributed by atoms with Gasteiger partial charge in [-0.3, -0.25) is 0 Å². The number of unbranched alkanes of at least 4 members (excludes halogenated alkanes) is 1. The molecule has 48 valence electrons. The SMILES string of the molecule is ICCCC=C(I)I. The van der Waals surface area contributed by atoms with Gasteiger partial charge in [-0.2, -0.15) is 0 Å². The quantitative estimate of drug-likeness (QED) is 0.349. The van der Waals surface area contributed by atoms with E-state index in [0.29, 0.717) is 0 Å². The highest BCUT2D eigenvalue weighted by atomic mass is 127. The lowest BCUT2D eigenvalue weighted by molar-refractivity contribution is 0.988. The van der Waals surface area contributed by atoms with Gasteiger partial charge >= 0.3 is 0 Å². The fraction of sp³-hybridized carbons (Fsp3) is 0.600. The van der Waals surface area contributed by atoms with Crippen molar-refractivity contribution in [2.75, 3.05) is 4.43 Å². The highest BCUT2D eigenvalue weighted by molar-refractivity contribution is 14.2. The molecule has 0 unspecified atom stereocenters. The van der Waals surface area contributed by atoms with Crippen LogP contribution < -0.4 is 0 Å². The fourth-order valence-electron chi connectivity index (χ4n) is 0.288. The molecule has 0 aromatic rings. The summed E-state index contributed by atoms with van der Waals surface area (Å²) in [5.74, 6) is 0. The summed E-state index contributed by atoms with van der Waals surface area (Å²) >= 11 is 7.05. The number of halogens is 3. The van der Waals surface area contributed by atoms with Crippen LogP contribution in [0.4, 0.5) is 0 Å². The largest absolute Gasteiger partial charge is 0.0864 e. The number of hydrogen-bond donors (Lipinski definition) is 0. The molecule has 0 saturated heterocycles. The van der Waals surface area contributed by atoms with E-state index in [9.17, 15) is 0 Å². The summed E-state index contributed by atoms with van der Waals surface area (Å²) in [7, 11) is 0. The van der Waals surface area contributed by atoms with Crippen LogP contribution in [-0.4, -0.2) is 4.43 Å². The van der Waals surface area contributed by atoms with Crippen molar-refractivity contribution >= 4 is 67.8 Å². The van der Waals surface area contributed by atoms with Gasteiger partial charge < -0.3 is 0 Å². The lowest BCUT2D eigenvalue weighted by Crippen LogP contribution is -1.68. The predicted molar refractivity (Wildman–Crippen MR) is 64.2 cm³/mol. The van der Waals surface area contributed by atoms with Crippen molar-refractivity contribution in [3.8, 4) is 0 Å². The Hall–Kier alpha value is 1.93. The molecule has 0 radical (unpaired) electrons. The zero-order chi connectivity index (χ0) is 6.41. The molecule has 0 rings (SSSR count). The second-order valence-corrected chi connectivity index (χ2v) is 6.79. The van der Waals surface area contributed by atoms with Crippen LogP contribution in [0.15, 0.2) is 7.66 Å². The summed E-state index contributed by atoms with van der Waals surface area (Å²) in [6.45, 7) is 0. The van der Waals surface area contributed by atoms with Crippen molar-refractivity contribution in [3.63, 3.8) is 0 Å². The number of rotatable bonds is 3. The Labute approximate surface area is 91.3 Å². The van der Waals surface area contributed by atoms with Crippen molar-refractivity contribution in [1.82, 2.24) is 0 Å². The van der Waals surface area contributed by atoms with Gasteiger partial charge in [0.2, 0.25) is 0 Å². The molecule has 0 aromatic carbocycles. The number of allylic oxidation sites excluding steroid dienone is 1. The highest BCUT2D eigenvalue weighted by Gasteiger charge is 1.81. The van der Waals surface area contributed by atoms with Crippen LogP contribution in [0.3, 0.4) is 0 Å². The van der Waals surface area contributed by atoms with Gasteiger partial charge in [-0.25, -0.2) is 0 Å². The van der Waals surface area contributed by atoms with Gasteiger partial charge in [0.05, 0.1) is 0 Å². The van der Waals surface area contributed by atoms with Crippen molar-refractivity contribution in [2.45, 2.75) is 12.8 Å². The van der Waals surface area contributed by atoms with E-state index in [2.05, 4.69) is 73.8 Å². The summed E-state index contributed by atoms with van der Waals surface area (Å²) in [5.41, 5.74) is 0. The fourth-order valence-corrected chi connectivity index (χ4v) is 1.35. The third-order valence-electron chi connectivity index (χ3n) is 0.636. The summed E-state index contributed by atoms with van der Waals surface area (Å²) in [5, 5.41) is 0. The molecule has 0 N–H and O–H groups in total. The van der Waals surface area contributed by atoms with Crippen LogP contribution in [0.1, 0.15) is 12.8 Å². The van der Waals surface area contributed by atoms with Crippen molar-refractivity contribution < 1.29 is 0 Å². The van der Waals surface area contributed by atoms with Crippen LogP contribution in [0.25, 0.3) is 0 Å². The van der Waals surface area contributed by atoms with E-state index in [0.717, 1.165) is 0 Å². The molecular formula is C5H7I3. The molecule has 8 heavy (non-hydrogen) atoms. The van der Waals surface area contributed by atoms with Crippen molar-refractivity contribution in [2.24, 2.45) is 0 Å². The van der Waals surface area contributed by atoms with Gasteiger partial charge in [0, 0.05) is 1.59 Å². The van der Waals surface area contributed by atoms with Gasteiger partial charge in [0.15, 0.2) is 0 Å². The summed E-state index contributed by atoms with van der Waals surface area (Å²) < 4.78 is 2.65. The first-order chi connectivity index (χ1) is 3.77. The van der Waals surface area contributed by atoms with Crippen LogP contribution in [0.2, 0.25) is 0 Å². The molecule has 0 aliphatic heterocycles. The minimum Gasteiger partial charge on any atom is -0.0864 e. The summed E-state index contributed by atoms with van der Waals surface area (Å²) in [4.78, 5) is 0. The summed E-state index contributed by atoms with van der Waals surface area (Å²) in [6, 6.07) is 0. The van der Waals surface area contributed by atoms with Gasteiger partial charge in [-0.1, -0.05) is 28.7 Å². The molecular weight excluding hydrogens is 441 g/mol. The van der Waals surface area contributed by atoms with E-state index in [1.54, 1.807) is 0 Å². The molecule has 3 heteroatoms. The average molecular weight is 448 g/mol. The third-order valence-corrected chi connectivity index (χ3v) is 2.28. The Morgan fingerprint density at radius 2 is 2.00 bits per heavy atom. The van der Waals surface area contributed by atoms with Gasteiger partial charge in [-0.05, 0) is 62.5 Å². The third kappa shape index (κ3) is 7.93. The van der Waals surface area contributed by atoms with Crippen LogP contribution >= 0.6 is 67.8 Å². The zero-order valence-electron chi connectivity index (χ0n) is 4.33. The first-order valence-corrected chi connectivity index (χ1v) is 6.03. The van der Waals surface area contributed by atoms with E-state index < -0.39 is 0 Å². The average Bonchev–Trinajstić information content (AvgIpc) is 1.66. The van der Waals surface area contributed by atoms with Crippen molar-refractivity contribution in [3.05, 3.63) is 7.66 Å². The van der Waals surface area contributed by atoms with E-state index >= 15 is 0 Å². The zero-order valence-corrected chi connectivity index (χ0v) is 10.8. The molecule has 0 heterocycles. The highest BCUT2D eigenvalue weighted by Crippen LogP contribution is 2.15. The van der Waals surface area contributed by atoms with E-state index in [4.69, 9.17) is 0 Å².